The van der Waals surface area contributed by atoms with Gasteiger partial charge in [0.05, 0.1) is 10.2 Å². The number of para-hydroxylation sites is 1. The molecule has 0 unspecified atom stereocenters. The van der Waals surface area contributed by atoms with E-state index < -0.39 is 0 Å². The van der Waals surface area contributed by atoms with Crippen LogP contribution in [-0.4, -0.2) is 19.1 Å². The van der Waals surface area contributed by atoms with Crippen molar-refractivity contribution in [3.63, 3.8) is 0 Å². The molecule has 1 aromatic heterocycles. The highest BCUT2D eigenvalue weighted by Gasteiger charge is 2.10. The second kappa shape index (κ2) is 6.10. The maximum atomic E-state index is 4.81. The van der Waals surface area contributed by atoms with Gasteiger partial charge in [-0.3, -0.25) is 0 Å². The molecule has 0 fully saturated rings. The van der Waals surface area contributed by atoms with E-state index >= 15 is 0 Å². The van der Waals surface area contributed by atoms with Gasteiger partial charge in [-0.05, 0) is 22.8 Å². The van der Waals surface area contributed by atoms with Crippen LogP contribution in [0.2, 0.25) is 0 Å². The SMILES string of the molecule is CN(C)c1nc2c(-c3ccc(-c4ccccc4)cc3)cccc2s1. The van der Waals surface area contributed by atoms with Crippen LogP contribution < -0.4 is 4.90 Å². The summed E-state index contributed by atoms with van der Waals surface area (Å²) in [5.74, 6) is 0. The first-order chi connectivity index (χ1) is 11.7. The summed E-state index contributed by atoms with van der Waals surface area (Å²) >= 11 is 1.73. The Kier molecular flexibility index (Phi) is 3.79. The zero-order chi connectivity index (χ0) is 16.5. The Labute approximate surface area is 146 Å². The summed E-state index contributed by atoms with van der Waals surface area (Å²) in [7, 11) is 4.07. The van der Waals surface area contributed by atoms with Crippen molar-refractivity contribution in [1.29, 1.82) is 0 Å². The van der Waals surface area contributed by atoms with Crippen LogP contribution in [0, 0.1) is 0 Å². The van der Waals surface area contributed by atoms with E-state index in [0.717, 1.165) is 10.6 Å². The van der Waals surface area contributed by atoms with Crippen LogP contribution in [0.5, 0.6) is 0 Å². The molecule has 2 nitrogen and oxygen atoms in total. The smallest absolute Gasteiger partial charge is 0.185 e. The predicted octanol–water partition coefficient (Wildman–Crippen LogP) is 5.70. The van der Waals surface area contributed by atoms with Gasteiger partial charge in [-0.2, -0.15) is 0 Å². The molecule has 0 amide bonds. The molecule has 0 saturated heterocycles. The minimum Gasteiger partial charge on any atom is -0.354 e. The minimum atomic E-state index is 1.04. The second-order valence-corrected chi connectivity index (χ2v) is 7.00. The Bertz CT molecular complexity index is 970. The zero-order valence-electron chi connectivity index (χ0n) is 13.7. The van der Waals surface area contributed by atoms with Gasteiger partial charge in [0.2, 0.25) is 0 Å². The molecule has 0 aliphatic rings. The molecule has 0 aliphatic heterocycles. The van der Waals surface area contributed by atoms with Gasteiger partial charge in [0.25, 0.3) is 0 Å². The maximum absolute atomic E-state index is 4.81. The van der Waals surface area contributed by atoms with Crippen molar-refractivity contribution in [2.24, 2.45) is 0 Å². The summed E-state index contributed by atoms with van der Waals surface area (Å²) in [6.45, 7) is 0. The van der Waals surface area contributed by atoms with Crippen molar-refractivity contribution in [3.8, 4) is 22.3 Å². The van der Waals surface area contributed by atoms with Crippen molar-refractivity contribution < 1.29 is 0 Å². The average molecular weight is 330 g/mol. The summed E-state index contributed by atoms with van der Waals surface area (Å²) in [5, 5.41) is 1.04. The standard InChI is InChI=1S/C21H18N2S/c1-23(2)21-22-20-18(9-6-10-19(20)24-21)17-13-11-16(12-14-17)15-7-4-3-5-8-15/h3-14H,1-2H3. The fourth-order valence-corrected chi connectivity index (χ4v) is 3.75. The lowest BCUT2D eigenvalue weighted by Gasteiger charge is -2.06. The minimum absolute atomic E-state index is 1.04. The molecule has 118 valence electrons. The van der Waals surface area contributed by atoms with Gasteiger partial charge in [0.15, 0.2) is 5.13 Å². The number of benzene rings is 3. The molecule has 0 N–H and O–H groups in total. The number of rotatable bonds is 3. The highest BCUT2D eigenvalue weighted by atomic mass is 32.1. The molecular weight excluding hydrogens is 312 g/mol. The molecule has 4 aromatic rings. The van der Waals surface area contributed by atoms with Crippen LogP contribution in [0.4, 0.5) is 5.13 Å². The van der Waals surface area contributed by atoms with E-state index in [9.17, 15) is 0 Å². The van der Waals surface area contributed by atoms with Gasteiger partial charge in [0, 0.05) is 19.7 Å². The van der Waals surface area contributed by atoms with Crippen molar-refractivity contribution in [2.45, 2.75) is 0 Å². The largest absolute Gasteiger partial charge is 0.354 e. The van der Waals surface area contributed by atoms with Crippen LogP contribution in [0.1, 0.15) is 0 Å². The number of fused-ring (bicyclic) bond motifs is 1. The third-order valence-corrected chi connectivity index (χ3v) is 5.28. The van der Waals surface area contributed by atoms with Gasteiger partial charge in [0.1, 0.15) is 0 Å². The fraction of sp³-hybridized carbons (Fsp3) is 0.0952. The number of nitrogens with zero attached hydrogens (tertiary/aromatic N) is 2. The third-order valence-electron chi connectivity index (χ3n) is 4.09. The second-order valence-electron chi connectivity index (χ2n) is 5.99. The van der Waals surface area contributed by atoms with E-state index in [0.29, 0.717) is 0 Å². The Morgan fingerprint density at radius 1 is 0.708 bits per heavy atom. The first-order valence-corrected chi connectivity index (χ1v) is 8.77. The summed E-state index contributed by atoms with van der Waals surface area (Å²) in [4.78, 5) is 6.88. The van der Waals surface area contributed by atoms with E-state index in [1.807, 2.05) is 20.2 Å². The maximum Gasteiger partial charge on any atom is 0.185 e. The number of aromatic nitrogens is 1. The number of hydrogen-bond acceptors (Lipinski definition) is 3. The molecule has 3 aromatic carbocycles. The highest BCUT2D eigenvalue weighted by Crippen LogP contribution is 2.35. The van der Waals surface area contributed by atoms with Crippen molar-refractivity contribution in [3.05, 3.63) is 72.8 Å². The monoisotopic (exact) mass is 330 g/mol. The summed E-state index contributed by atoms with van der Waals surface area (Å²) in [6, 6.07) is 25.6. The molecular formula is C21H18N2S. The van der Waals surface area contributed by atoms with E-state index in [2.05, 4.69) is 71.6 Å². The molecule has 0 atom stereocenters. The molecule has 0 spiro atoms. The van der Waals surface area contributed by atoms with Gasteiger partial charge in [-0.25, -0.2) is 4.98 Å². The van der Waals surface area contributed by atoms with Crippen LogP contribution in [0.25, 0.3) is 32.5 Å². The molecule has 0 aliphatic carbocycles. The molecule has 0 radical (unpaired) electrons. The lowest BCUT2D eigenvalue weighted by atomic mass is 10.00. The normalized spacial score (nSPS) is 10.9. The molecule has 0 bridgehead atoms. The Hall–Kier alpha value is -2.65. The van der Waals surface area contributed by atoms with Crippen LogP contribution in [0.3, 0.4) is 0 Å². The average Bonchev–Trinajstić information content (AvgIpc) is 3.07. The molecule has 3 heteroatoms. The van der Waals surface area contributed by atoms with E-state index in [1.165, 1.54) is 27.0 Å². The van der Waals surface area contributed by atoms with Crippen LogP contribution in [-0.2, 0) is 0 Å². The zero-order valence-corrected chi connectivity index (χ0v) is 14.5. The van der Waals surface area contributed by atoms with Crippen molar-refractivity contribution >= 4 is 26.7 Å². The van der Waals surface area contributed by atoms with Gasteiger partial charge >= 0.3 is 0 Å². The Morgan fingerprint density at radius 2 is 1.38 bits per heavy atom. The lowest BCUT2D eigenvalue weighted by Crippen LogP contribution is -2.07. The van der Waals surface area contributed by atoms with E-state index in [1.54, 1.807) is 11.3 Å². The molecule has 24 heavy (non-hydrogen) atoms. The summed E-state index contributed by atoms with van der Waals surface area (Å²) in [6.07, 6.45) is 0. The Morgan fingerprint density at radius 3 is 2.08 bits per heavy atom. The van der Waals surface area contributed by atoms with Gasteiger partial charge in [-0.1, -0.05) is 78.1 Å². The quantitative estimate of drug-likeness (QED) is 0.479. The topological polar surface area (TPSA) is 16.1 Å². The number of anilines is 1. The first kappa shape index (κ1) is 14.9. The Balaban J connectivity index is 1.77. The van der Waals surface area contributed by atoms with Crippen molar-refractivity contribution in [1.82, 2.24) is 4.98 Å². The number of thiazole rings is 1. The first-order valence-electron chi connectivity index (χ1n) is 7.95. The van der Waals surface area contributed by atoms with Gasteiger partial charge < -0.3 is 4.90 Å². The summed E-state index contributed by atoms with van der Waals surface area (Å²) < 4.78 is 1.23. The molecule has 1 heterocycles. The number of hydrogen-bond donors (Lipinski definition) is 0. The molecule has 0 saturated carbocycles. The molecule has 4 rings (SSSR count). The van der Waals surface area contributed by atoms with E-state index in [-0.39, 0.29) is 0 Å². The van der Waals surface area contributed by atoms with Crippen LogP contribution >= 0.6 is 11.3 Å². The fourth-order valence-electron chi connectivity index (χ4n) is 2.83. The van der Waals surface area contributed by atoms with Gasteiger partial charge in [-0.15, -0.1) is 0 Å². The van der Waals surface area contributed by atoms with Crippen molar-refractivity contribution in [2.75, 3.05) is 19.0 Å². The lowest BCUT2D eigenvalue weighted by molar-refractivity contribution is 1.11. The summed E-state index contributed by atoms with van der Waals surface area (Å²) in [5.41, 5.74) is 5.95. The van der Waals surface area contributed by atoms with Crippen LogP contribution in [0.15, 0.2) is 72.8 Å². The predicted molar refractivity (Wildman–Crippen MR) is 105 cm³/mol. The third kappa shape index (κ3) is 2.68. The van der Waals surface area contributed by atoms with E-state index in [4.69, 9.17) is 4.98 Å². The highest BCUT2D eigenvalue weighted by molar-refractivity contribution is 7.22.